The number of nitrogen functional groups attached to an aromatic ring is 1. The maximum Gasteiger partial charge on any atom is 0.222 e. The molecule has 2 N–H and O–H groups in total. The molecule has 2 heterocycles. The van der Waals surface area contributed by atoms with Crippen LogP contribution in [0.5, 0.6) is 5.88 Å². The van der Waals surface area contributed by atoms with Crippen molar-refractivity contribution in [3.05, 3.63) is 11.9 Å². The van der Waals surface area contributed by atoms with Gasteiger partial charge >= 0.3 is 0 Å². The summed E-state index contributed by atoms with van der Waals surface area (Å²) in [4.78, 5) is 8.22. The van der Waals surface area contributed by atoms with E-state index in [0.29, 0.717) is 24.2 Å². The minimum Gasteiger partial charge on any atom is -0.477 e. The predicted molar refractivity (Wildman–Crippen MR) is 69.6 cm³/mol. The number of anilines is 1. The third-order valence-electron chi connectivity index (χ3n) is 3.25. The van der Waals surface area contributed by atoms with Crippen LogP contribution in [0, 0.1) is 5.92 Å². The van der Waals surface area contributed by atoms with Gasteiger partial charge in [0.15, 0.2) is 0 Å². The molecule has 0 bridgehead atoms. The van der Waals surface area contributed by atoms with Gasteiger partial charge < -0.3 is 15.2 Å². The normalized spacial score (nSPS) is 17.1. The SMILES string of the molecule is CC(C)c1c(N)ncnc1OCC1CCOCC1. The molecule has 2 rings (SSSR count). The molecule has 0 unspecified atom stereocenters. The van der Waals surface area contributed by atoms with E-state index in [4.69, 9.17) is 15.2 Å². The van der Waals surface area contributed by atoms with Crippen LogP contribution in [0.15, 0.2) is 6.33 Å². The van der Waals surface area contributed by atoms with Crippen LogP contribution in [-0.2, 0) is 4.74 Å². The van der Waals surface area contributed by atoms with Gasteiger partial charge in [-0.2, -0.15) is 0 Å². The number of hydrogen-bond acceptors (Lipinski definition) is 5. The maximum atomic E-state index is 5.88. The molecule has 0 amide bonds. The van der Waals surface area contributed by atoms with Crippen LogP contribution >= 0.6 is 0 Å². The molecule has 0 spiro atoms. The minimum atomic E-state index is 0.260. The van der Waals surface area contributed by atoms with Gasteiger partial charge in [-0.25, -0.2) is 9.97 Å². The molecule has 1 saturated heterocycles. The fourth-order valence-corrected chi connectivity index (χ4v) is 2.16. The standard InChI is InChI=1S/C13H21N3O2/c1-9(2)11-12(14)15-8-16-13(11)18-7-10-3-5-17-6-4-10/h8-10H,3-7H2,1-2H3,(H2,14,15,16). The average Bonchev–Trinajstić information content (AvgIpc) is 2.37. The zero-order valence-electron chi connectivity index (χ0n) is 11.1. The smallest absolute Gasteiger partial charge is 0.222 e. The summed E-state index contributed by atoms with van der Waals surface area (Å²) in [5, 5.41) is 0. The highest BCUT2D eigenvalue weighted by atomic mass is 16.5. The zero-order valence-corrected chi connectivity index (χ0v) is 11.1. The largest absolute Gasteiger partial charge is 0.477 e. The summed E-state index contributed by atoms with van der Waals surface area (Å²) in [7, 11) is 0. The molecule has 1 aliphatic heterocycles. The van der Waals surface area contributed by atoms with Gasteiger partial charge in [0, 0.05) is 13.2 Å². The fraction of sp³-hybridized carbons (Fsp3) is 0.692. The number of nitrogens with two attached hydrogens (primary N) is 1. The Labute approximate surface area is 108 Å². The van der Waals surface area contributed by atoms with E-state index in [1.807, 2.05) is 0 Å². The van der Waals surface area contributed by atoms with Gasteiger partial charge in [0.25, 0.3) is 0 Å². The topological polar surface area (TPSA) is 70.3 Å². The Balaban J connectivity index is 2.02. The van der Waals surface area contributed by atoms with Crippen molar-refractivity contribution < 1.29 is 9.47 Å². The van der Waals surface area contributed by atoms with E-state index in [1.54, 1.807) is 0 Å². The van der Waals surface area contributed by atoms with Crippen molar-refractivity contribution >= 4 is 5.82 Å². The molecule has 0 saturated carbocycles. The molecule has 0 aromatic carbocycles. The van der Waals surface area contributed by atoms with Crippen molar-refractivity contribution in [3.8, 4) is 5.88 Å². The van der Waals surface area contributed by atoms with Gasteiger partial charge in [-0.15, -0.1) is 0 Å². The lowest BCUT2D eigenvalue weighted by molar-refractivity contribution is 0.0488. The highest BCUT2D eigenvalue weighted by Gasteiger charge is 2.18. The first kappa shape index (κ1) is 13.1. The fourth-order valence-electron chi connectivity index (χ4n) is 2.16. The lowest BCUT2D eigenvalue weighted by Crippen LogP contribution is -2.22. The first-order valence-corrected chi connectivity index (χ1v) is 6.49. The minimum absolute atomic E-state index is 0.260. The van der Waals surface area contributed by atoms with Crippen LogP contribution < -0.4 is 10.5 Å². The van der Waals surface area contributed by atoms with Gasteiger partial charge in [0.05, 0.1) is 12.2 Å². The molecule has 0 radical (unpaired) electrons. The van der Waals surface area contributed by atoms with Crippen LogP contribution in [0.4, 0.5) is 5.82 Å². The van der Waals surface area contributed by atoms with E-state index >= 15 is 0 Å². The van der Waals surface area contributed by atoms with E-state index in [2.05, 4.69) is 23.8 Å². The second-order valence-corrected chi connectivity index (χ2v) is 5.00. The lowest BCUT2D eigenvalue weighted by atomic mass is 10.0. The van der Waals surface area contributed by atoms with E-state index in [-0.39, 0.29) is 5.92 Å². The third kappa shape index (κ3) is 3.10. The summed E-state index contributed by atoms with van der Waals surface area (Å²) < 4.78 is 11.2. The first-order valence-electron chi connectivity index (χ1n) is 6.49. The van der Waals surface area contributed by atoms with E-state index in [0.717, 1.165) is 31.6 Å². The van der Waals surface area contributed by atoms with Crippen molar-refractivity contribution in [2.24, 2.45) is 5.92 Å². The Morgan fingerprint density at radius 3 is 2.78 bits per heavy atom. The molecule has 1 aliphatic rings. The van der Waals surface area contributed by atoms with Crippen molar-refractivity contribution in [2.75, 3.05) is 25.6 Å². The molecule has 18 heavy (non-hydrogen) atoms. The Morgan fingerprint density at radius 2 is 2.11 bits per heavy atom. The van der Waals surface area contributed by atoms with Crippen LogP contribution in [0.25, 0.3) is 0 Å². The van der Waals surface area contributed by atoms with Gasteiger partial charge in [-0.05, 0) is 24.7 Å². The van der Waals surface area contributed by atoms with Crippen LogP contribution in [0.1, 0.15) is 38.2 Å². The first-order chi connectivity index (χ1) is 8.68. The summed E-state index contributed by atoms with van der Waals surface area (Å²) >= 11 is 0. The van der Waals surface area contributed by atoms with Gasteiger partial charge in [0.1, 0.15) is 12.1 Å². The lowest BCUT2D eigenvalue weighted by Gasteiger charge is -2.22. The van der Waals surface area contributed by atoms with Gasteiger partial charge in [0.2, 0.25) is 5.88 Å². The molecule has 100 valence electrons. The van der Waals surface area contributed by atoms with Crippen molar-refractivity contribution in [1.29, 1.82) is 0 Å². The maximum absolute atomic E-state index is 5.88. The Morgan fingerprint density at radius 1 is 1.39 bits per heavy atom. The summed E-state index contributed by atoms with van der Waals surface area (Å²) in [5.74, 6) is 1.96. The van der Waals surface area contributed by atoms with Crippen molar-refractivity contribution in [1.82, 2.24) is 9.97 Å². The molecule has 5 nitrogen and oxygen atoms in total. The zero-order chi connectivity index (χ0) is 13.0. The molecule has 1 fully saturated rings. The summed E-state index contributed by atoms with van der Waals surface area (Å²) in [6.07, 6.45) is 3.57. The van der Waals surface area contributed by atoms with Crippen molar-refractivity contribution in [2.45, 2.75) is 32.6 Å². The number of nitrogens with zero attached hydrogens (tertiary/aromatic N) is 2. The van der Waals surface area contributed by atoms with Crippen LogP contribution in [0.2, 0.25) is 0 Å². The summed E-state index contributed by atoms with van der Waals surface area (Å²) in [5.41, 5.74) is 6.79. The second-order valence-electron chi connectivity index (χ2n) is 5.00. The highest BCUT2D eigenvalue weighted by molar-refractivity contribution is 5.46. The Kier molecular flexibility index (Phi) is 4.36. The average molecular weight is 251 g/mol. The Hall–Kier alpha value is -1.36. The number of aromatic nitrogens is 2. The number of hydrogen-bond donors (Lipinski definition) is 1. The number of rotatable bonds is 4. The number of ether oxygens (including phenoxy) is 2. The van der Waals surface area contributed by atoms with E-state index in [1.165, 1.54) is 6.33 Å². The van der Waals surface area contributed by atoms with E-state index < -0.39 is 0 Å². The highest BCUT2D eigenvalue weighted by Crippen LogP contribution is 2.28. The van der Waals surface area contributed by atoms with Crippen molar-refractivity contribution in [3.63, 3.8) is 0 Å². The third-order valence-corrected chi connectivity index (χ3v) is 3.25. The molecule has 0 atom stereocenters. The predicted octanol–water partition coefficient (Wildman–Crippen LogP) is 1.99. The molecular formula is C13H21N3O2. The molecule has 1 aromatic heterocycles. The van der Waals surface area contributed by atoms with Gasteiger partial charge in [-0.1, -0.05) is 13.8 Å². The second kappa shape index (κ2) is 6.00. The molecule has 0 aliphatic carbocycles. The summed E-state index contributed by atoms with van der Waals surface area (Å²) in [6, 6.07) is 0. The molecule has 1 aromatic rings. The molecular weight excluding hydrogens is 230 g/mol. The van der Waals surface area contributed by atoms with Crippen LogP contribution in [0.3, 0.4) is 0 Å². The monoisotopic (exact) mass is 251 g/mol. The quantitative estimate of drug-likeness (QED) is 0.886. The molecule has 5 heteroatoms. The summed E-state index contributed by atoms with van der Waals surface area (Å²) in [6.45, 7) is 6.47. The van der Waals surface area contributed by atoms with Gasteiger partial charge in [-0.3, -0.25) is 0 Å². The Bertz CT molecular complexity index is 390. The van der Waals surface area contributed by atoms with Crippen LogP contribution in [-0.4, -0.2) is 29.8 Å². The van der Waals surface area contributed by atoms with E-state index in [9.17, 15) is 0 Å².